The number of esters is 1. The van der Waals surface area contributed by atoms with Gasteiger partial charge in [-0.1, -0.05) is 5.16 Å². The number of amides is 1. The van der Waals surface area contributed by atoms with E-state index in [4.69, 9.17) is 4.52 Å². The first-order valence-electron chi connectivity index (χ1n) is 5.29. The summed E-state index contributed by atoms with van der Waals surface area (Å²) in [6.07, 6.45) is 2.27. The second-order valence-electron chi connectivity index (χ2n) is 3.70. The van der Waals surface area contributed by atoms with E-state index in [1.807, 2.05) is 0 Å². The number of hydrogen-bond acceptors (Lipinski definition) is 5. The molecule has 0 aliphatic carbocycles. The number of rotatable bonds is 5. The maximum absolute atomic E-state index is 11.9. The minimum absolute atomic E-state index is 0.159. The topological polar surface area (TPSA) is 72.6 Å². The number of carbonyl (C=O) groups excluding carboxylic acids is 2. The lowest BCUT2D eigenvalue weighted by Gasteiger charge is -2.15. The first-order chi connectivity index (χ1) is 8.06. The molecule has 0 radical (unpaired) electrons. The summed E-state index contributed by atoms with van der Waals surface area (Å²) >= 11 is 0. The van der Waals surface area contributed by atoms with Gasteiger partial charge in [0.1, 0.15) is 11.3 Å². The zero-order chi connectivity index (χ0) is 12.8. The van der Waals surface area contributed by atoms with Crippen LogP contribution in [0, 0.1) is 6.92 Å². The van der Waals surface area contributed by atoms with E-state index in [9.17, 15) is 9.59 Å². The van der Waals surface area contributed by atoms with Crippen molar-refractivity contribution in [2.75, 3.05) is 20.7 Å². The Morgan fingerprint density at radius 1 is 1.53 bits per heavy atom. The van der Waals surface area contributed by atoms with E-state index in [-0.39, 0.29) is 11.9 Å². The van der Waals surface area contributed by atoms with Gasteiger partial charge in [-0.2, -0.15) is 0 Å². The van der Waals surface area contributed by atoms with Crippen LogP contribution in [0.2, 0.25) is 0 Å². The molecule has 17 heavy (non-hydrogen) atoms. The van der Waals surface area contributed by atoms with E-state index >= 15 is 0 Å². The molecule has 1 aromatic rings. The van der Waals surface area contributed by atoms with Crippen LogP contribution >= 0.6 is 0 Å². The number of aromatic nitrogens is 1. The normalized spacial score (nSPS) is 10.1. The molecule has 1 heterocycles. The summed E-state index contributed by atoms with van der Waals surface area (Å²) in [5.41, 5.74) is 0.450. The molecule has 6 nitrogen and oxygen atoms in total. The molecule has 6 heteroatoms. The fourth-order valence-corrected chi connectivity index (χ4v) is 1.37. The van der Waals surface area contributed by atoms with Crippen molar-refractivity contribution in [1.29, 1.82) is 0 Å². The number of methoxy groups -OCH3 is 1. The fourth-order valence-electron chi connectivity index (χ4n) is 1.37. The summed E-state index contributed by atoms with van der Waals surface area (Å²) in [4.78, 5) is 24.3. The van der Waals surface area contributed by atoms with E-state index in [1.165, 1.54) is 18.2 Å². The summed E-state index contributed by atoms with van der Waals surface area (Å²) < 4.78 is 9.34. The summed E-state index contributed by atoms with van der Waals surface area (Å²) in [5, 5.41) is 3.55. The highest BCUT2D eigenvalue weighted by Gasteiger charge is 2.17. The molecule has 1 aromatic heterocycles. The highest BCUT2D eigenvalue weighted by Crippen LogP contribution is 2.09. The number of nitrogens with zero attached hydrogens (tertiary/aromatic N) is 2. The van der Waals surface area contributed by atoms with Gasteiger partial charge in [0.15, 0.2) is 0 Å². The van der Waals surface area contributed by atoms with Crippen LogP contribution in [-0.4, -0.2) is 42.6 Å². The number of aryl methyl sites for hydroxylation is 1. The van der Waals surface area contributed by atoms with Crippen molar-refractivity contribution in [3.05, 3.63) is 17.5 Å². The van der Waals surface area contributed by atoms with Gasteiger partial charge in [0.25, 0.3) is 5.91 Å². The molecule has 0 spiro atoms. The second kappa shape index (κ2) is 6.03. The van der Waals surface area contributed by atoms with E-state index in [2.05, 4.69) is 9.89 Å². The first-order valence-corrected chi connectivity index (χ1v) is 5.29. The Labute approximate surface area is 99.5 Å². The molecular weight excluding hydrogens is 224 g/mol. The zero-order valence-corrected chi connectivity index (χ0v) is 10.2. The van der Waals surface area contributed by atoms with Crippen LogP contribution in [0.5, 0.6) is 0 Å². The van der Waals surface area contributed by atoms with Crippen LogP contribution in [-0.2, 0) is 9.53 Å². The van der Waals surface area contributed by atoms with Crippen LogP contribution in [0.4, 0.5) is 0 Å². The molecule has 0 bridgehead atoms. The molecule has 0 aliphatic heterocycles. The van der Waals surface area contributed by atoms with E-state index < -0.39 is 0 Å². The Morgan fingerprint density at radius 2 is 2.24 bits per heavy atom. The zero-order valence-electron chi connectivity index (χ0n) is 10.2. The Bertz CT molecular complexity index is 400. The van der Waals surface area contributed by atoms with Crippen LogP contribution < -0.4 is 0 Å². The molecule has 0 unspecified atom stereocenters. The van der Waals surface area contributed by atoms with Crippen molar-refractivity contribution in [3.63, 3.8) is 0 Å². The lowest BCUT2D eigenvalue weighted by atomic mass is 10.2. The van der Waals surface area contributed by atoms with Crippen molar-refractivity contribution >= 4 is 11.9 Å². The number of hydrogen-bond donors (Lipinski definition) is 0. The average Bonchev–Trinajstić information content (AvgIpc) is 2.74. The minimum Gasteiger partial charge on any atom is -0.469 e. The Balaban J connectivity index is 2.43. The summed E-state index contributed by atoms with van der Waals surface area (Å²) in [7, 11) is 3.02. The molecule has 0 atom stereocenters. The van der Waals surface area contributed by atoms with Crippen LogP contribution in [0.15, 0.2) is 10.7 Å². The van der Waals surface area contributed by atoms with Gasteiger partial charge in [0, 0.05) is 20.0 Å². The van der Waals surface area contributed by atoms with Crippen molar-refractivity contribution in [1.82, 2.24) is 10.1 Å². The Hall–Kier alpha value is -1.85. The molecule has 94 valence electrons. The van der Waals surface area contributed by atoms with Gasteiger partial charge >= 0.3 is 5.97 Å². The molecule has 0 N–H and O–H groups in total. The van der Waals surface area contributed by atoms with E-state index in [0.717, 1.165) is 0 Å². The van der Waals surface area contributed by atoms with Crippen LogP contribution in [0.25, 0.3) is 0 Å². The quantitative estimate of drug-likeness (QED) is 0.718. The minimum atomic E-state index is -0.271. The maximum Gasteiger partial charge on any atom is 0.305 e. The molecule has 0 aliphatic rings. The van der Waals surface area contributed by atoms with Gasteiger partial charge < -0.3 is 14.2 Å². The standard InChI is InChI=1S/C11H16N2O4/c1-8-9(7-12-17-8)11(15)13(2)6-4-5-10(14)16-3/h7H,4-6H2,1-3H3. The Morgan fingerprint density at radius 3 is 2.76 bits per heavy atom. The smallest absolute Gasteiger partial charge is 0.305 e. The van der Waals surface area contributed by atoms with Crippen LogP contribution in [0.1, 0.15) is 29.0 Å². The van der Waals surface area contributed by atoms with Crippen molar-refractivity contribution < 1.29 is 18.8 Å². The van der Waals surface area contributed by atoms with Gasteiger partial charge in [0.05, 0.1) is 13.3 Å². The maximum atomic E-state index is 11.9. The third-order valence-electron chi connectivity index (χ3n) is 2.43. The molecule has 0 fully saturated rings. The second-order valence-corrected chi connectivity index (χ2v) is 3.70. The average molecular weight is 240 g/mol. The molecular formula is C11H16N2O4. The largest absolute Gasteiger partial charge is 0.469 e. The Kier molecular flexibility index (Phi) is 4.68. The molecule has 0 aromatic carbocycles. The van der Waals surface area contributed by atoms with Gasteiger partial charge in [-0.25, -0.2) is 0 Å². The molecule has 0 saturated heterocycles. The predicted molar refractivity (Wildman–Crippen MR) is 59.5 cm³/mol. The molecule has 1 amide bonds. The van der Waals surface area contributed by atoms with Crippen molar-refractivity contribution in [2.24, 2.45) is 0 Å². The summed E-state index contributed by atoms with van der Waals surface area (Å²) in [5.74, 6) is 0.0652. The van der Waals surface area contributed by atoms with Gasteiger partial charge in [-0.15, -0.1) is 0 Å². The number of ether oxygens (including phenoxy) is 1. The third kappa shape index (κ3) is 3.58. The predicted octanol–water partition coefficient (Wildman–Crippen LogP) is 1.01. The lowest BCUT2D eigenvalue weighted by molar-refractivity contribution is -0.140. The highest BCUT2D eigenvalue weighted by atomic mass is 16.5. The monoisotopic (exact) mass is 240 g/mol. The third-order valence-corrected chi connectivity index (χ3v) is 2.43. The van der Waals surface area contributed by atoms with Crippen LogP contribution in [0.3, 0.4) is 0 Å². The first kappa shape index (κ1) is 13.2. The fraction of sp³-hybridized carbons (Fsp3) is 0.545. The van der Waals surface area contributed by atoms with E-state index in [0.29, 0.717) is 30.7 Å². The summed E-state index contributed by atoms with van der Waals surface area (Å²) in [6, 6.07) is 0. The molecule has 1 rings (SSSR count). The summed E-state index contributed by atoms with van der Waals surface area (Å²) in [6.45, 7) is 2.17. The van der Waals surface area contributed by atoms with Gasteiger partial charge in [-0.05, 0) is 13.3 Å². The highest BCUT2D eigenvalue weighted by molar-refractivity contribution is 5.94. The van der Waals surface area contributed by atoms with Gasteiger partial charge in [0.2, 0.25) is 0 Å². The van der Waals surface area contributed by atoms with E-state index in [1.54, 1.807) is 14.0 Å². The number of carbonyl (C=O) groups is 2. The molecule has 0 saturated carbocycles. The lowest BCUT2D eigenvalue weighted by Crippen LogP contribution is -2.28. The van der Waals surface area contributed by atoms with Crippen molar-refractivity contribution in [2.45, 2.75) is 19.8 Å². The SMILES string of the molecule is COC(=O)CCCN(C)C(=O)c1cnoc1C. The van der Waals surface area contributed by atoms with Crippen molar-refractivity contribution in [3.8, 4) is 0 Å². The van der Waals surface area contributed by atoms with Gasteiger partial charge in [-0.3, -0.25) is 9.59 Å².